The van der Waals surface area contributed by atoms with Gasteiger partial charge in [-0.05, 0) is 30.6 Å². The first-order chi connectivity index (χ1) is 9.28. The number of benzene rings is 1. The second kappa shape index (κ2) is 4.90. The van der Waals surface area contributed by atoms with Gasteiger partial charge in [0.25, 0.3) is 0 Å². The van der Waals surface area contributed by atoms with Gasteiger partial charge in [0.1, 0.15) is 0 Å². The minimum atomic E-state index is 0.811. The lowest BCUT2D eigenvalue weighted by molar-refractivity contribution is 0.677. The van der Waals surface area contributed by atoms with Crippen LogP contribution in [0, 0.1) is 0 Å². The maximum atomic E-state index is 4.47. The summed E-state index contributed by atoms with van der Waals surface area (Å²) in [6.07, 6.45) is 1.98. The second-order valence-corrected chi connectivity index (χ2v) is 4.79. The molecule has 0 fully saturated rings. The van der Waals surface area contributed by atoms with E-state index in [0.717, 1.165) is 18.8 Å². The highest BCUT2D eigenvalue weighted by molar-refractivity contribution is 5.81. The number of para-hydroxylation sites is 1. The summed E-state index contributed by atoms with van der Waals surface area (Å²) >= 11 is 0. The highest BCUT2D eigenvalue weighted by Gasteiger charge is 2.09. The highest BCUT2D eigenvalue weighted by atomic mass is 15.3. The van der Waals surface area contributed by atoms with Crippen LogP contribution in [0.15, 0.2) is 42.6 Å². The van der Waals surface area contributed by atoms with Crippen molar-refractivity contribution in [1.29, 1.82) is 0 Å². The lowest BCUT2D eigenvalue weighted by Crippen LogP contribution is -2.12. The van der Waals surface area contributed by atoms with Crippen molar-refractivity contribution < 1.29 is 0 Å². The van der Waals surface area contributed by atoms with Gasteiger partial charge in [-0.15, -0.1) is 0 Å². The van der Waals surface area contributed by atoms with E-state index in [2.05, 4.69) is 51.4 Å². The molecule has 4 heteroatoms. The fourth-order valence-electron chi connectivity index (χ4n) is 2.49. The summed E-state index contributed by atoms with van der Waals surface area (Å²) in [5.41, 5.74) is 3.63. The SMILES string of the molecule is CNCc1cc2ccccc2n1Cc1ccn(C)n1. The first-order valence-corrected chi connectivity index (χ1v) is 6.48. The molecular formula is C15H18N4. The Bertz CT molecular complexity index is 693. The van der Waals surface area contributed by atoms with Crippen LogP contribution >= 0.6 is 0 Å². The Morgan fingerprint density at radius 3 is 2.79 bits per heavy atom. The minimum Gasteiger partial charge on any atom is -0.337 e. The van der Waals surface area contributed by atoms with Gasteiger partial charge in [-0.25, -0.2) is 0 Å². The summed E-state index contributed by atoms with van der Waals surface area (Å²) in [6, 6.07) is 12.8. The van der Waals surface area contributed by atoms with Crippen molar-refractivity contribution in [2.75, 3.05) is 7.05 Å². The first kappa shape index (κ1) is 12.0. The Kier molecular flexibility index (Phi) is 3.09. The topological polar surface area (TPSA) is 34.8 Å². The van der Waals surface area contributed by atoms with Crippen molar-refractivity contribution in [3.8, 4) is 0 Å². The Labute approximate surface area is 112 Å². The van der Waals surface area contributed by atoms with Crippen LogP contribution in [0.4, 0.5) is 0 Å². The number of aromatic nitrogens is 3. The molecule has 2 aromatic heterocycles. The zero-order valence-corrected chi connectivity index (χ0v) is 11.3. The van der Waals surface area contributed by atoms with Crippen molar-refractivity contribution in [1.82, 2.24) is 19.7 Å². The molecule has 0 saturated carbocycles. The standard InChI is InChI=1S/C15H18N4/c1-16-10-14-9-12-5-3-4-6-15(12)19(14)11-13-7-8-18(2)17-13/h3-9,16H,10-11H2,1-2H3. The summed E-state index contributed by atoms with van der Waals surface area (Å²) in [6.45, 7) is 1.67. The maximum Gasteiger partial charge on any atom is 0.0821 e. The lowest BCUT2D eigenvalue weighted by Gasteiger charge is -2.09. The van der Waals surface area contributed by atoms with E-state index in [-0.39, 0.29) is 0 Å². The van der Waals surface area contributed by atoms with E-state index in [0.29, 0.717) is 0 Å². The fraction of sp³-hybridized carbons (Fsp3) is 0.267. The van der Waals surface area contributed by atoms with Crippen LogP contribution in [0.5, 0.6) is 0 Å². The Morgan fingerprint density at radius 2 is 2.05 bits per heavy atom. The molecule has 3 aromatic rings. The van der Waals surface area contributed by atoms with Crippen LogP contribution in [-0.2, 0) is 20.1 Å². The van der Waals surface area contributed by atoms with Crippen molar-refractivity contribution >= 4 is 10.9 Å². The van der Waals surface area contributed by atoms with E-state index in [1.807, 2.05) is 25.0 Å². The van der Waals surface area contributed by atoms with Gasteiger partial charge in [-0.2, -0.15) is 5.10 Å². The van der Waals surface area contributed by atoms with E-state index < -0.39 is 0 Å². The summed E-state index contributed by atoms with van der Waals surface area (Å²) in [5.74, 6) is 0. The molecular weight excluding hydrogens is 236 g/mol. The van der Waals surface area contributed by atoms with E-state index in [1.54, 1.807) is 0 Å². The summed E-state index contributed by atoms with van der Waals surface area (Å²) < 4.78 is 4.17. The first-order valence-electron chi connectivity index (χ1n) is 6.48. The van der Waals surface area contributed by atoms with Crippen LogP contribution in [0.2, 0.25) is 0 Å². The molecule has 0 atom stereocenters. The van der Waals surface area contributed by atoms with Gasteiger partial charge in [-0.1, -0.05) is 18.2 Å². The molecule has 0 unspecified atom stereocenters. The maximum absolute atomic E-state index is 4.47. The van der Waals surface area contributed by atoms with Crippen molar-refractivity contribution in [2.45, 2.75) is 13.1 Å². The average molecular weight is 254 g/mol. The number of fused-ring (bicyclic) bond motifs is 1. The molecule has 0 spiro atoms. The van der Waals surface area contributed by atoms with E-state index >= 15 is 0 Å². The summed E-state index contributed by atoms with van der Waals surface area (Å²) in [5, 5.41) is 8.98. The zero-order chi connectivity index (χ0) is 13.2. The van der Waals surface area contributed by atoms with Gasteiger partial charge in [0, 0.05) is 31.0 Å². The average Bonchev–Trinajstić information content (AvgIpc) is 2.96. The number of aryl methyl sites for hydroxylation is 1. The van der Waals surface area contributed by atoms with Crippen LogP contribution < -0.4 is 5.32 Å². The number of hydrogen-bond acceptors (Lipinski definition) is 2. The number of hydrogen-bond donors (Lipinski definition) is 1. The third-order valence-corrected chi connectivity index (χ3v) is 3.34. The number of rotatable bonds is 4. The molecule has 0 aliphatic carbocycles. The van der Waals surface area contributed by atoms with Gasteiger partial charge in [0.2, 0.25) is 0 Å². The van der Waals surface area contributed by atoms with E-state index in [1.165, 1.54) is 16.6 Å². The van der Waals surface area contributed by atoms with Crippen molar-refractivity contribution in [2.24, 2.45) is 7.05 Å². The van der Waals surface area contributed by atoms with Gasteiger partial charge >= 0.3 is 0 Å². The van der Waals surface area contributed by atoms with Crippen LogP contribution in [0.3, 0.4) is 0 Å². The molecule has 1 N–H and O–H groups in total. The molecule has 3 rings (SSSR count). The Hall–Kier alpha value is -2.07. The zero-order valence-electron chi connectivity index (χ0n) is 11.3. The predicted octanol–water partition coefficient (Wildman–Crippen LogP) is 2.14. The van der Waals surface area contributed by atoms with Gasteiger partial charge in [0.05, 0.1) is 12.2 Å². The van der Waals surface area contributed by atoms with Crippen molar-refractivity contribution in [3.05, 3.63) is 54.0 Å². The molecule has 0 radical (unpaired) electrons. The molecule has 19 heavy (non-hydrogen) atoms. The molecule has 0 bridgehead atoms. The smallest absolute Gasteiger partial charge is 0.0821 e. The third kappa shape index (κ3) is 2.27. The molecule has 98 valence electrons. The summed E-state index contributed by atoms with van der Waals surface area (Å²) in [7, 11) is 3.93. The normalized spacial score (nSPS) is 11.3. The van der Waals surface area contributed by atoms with E-state index in [4.69, 9.17) is 0 Å². The van der Waals surface area contributed by atoms with Gasteiger partial charge in [0.15, 0.2) is 0 Å². The highest BCUT2D eigenvalue weighted by Crippen LogP contribution is 2.20. The lowest BCUT2D eigenvalue weighted by atomic mass is 10.2. The monoisotopic (exact) mass is 254 g/mol. The molecule has 1 aromatic carbocycles. The minimum absolute atomic E-state index is 0.811. The molecule has 2 heterocycles. The Balaban J connectivity index is 2.06. The molecule has 0 amide bonds. The summed E-state index contributed by atoms with van der Waals surface area (Å²) in [4.78, 5) is 0. The number of nitrogens with zero attached hydrogens (tertiary/aromatic N) is 3. The largest absolute Gasteiger partial charge is 0.337 e. The molecule has 0 aliphatic rings. The van der Waals surface area contributed by atoms with Crippen LogP contribution in [0.1, 0.15) is 11.4 Å². The number of nitrogens with one attached hydrogen (secondary N) is 1. The fourth-order valence-corrected chi connectivity index (χ4v) is 2.49. The second-order valence-electron chi connectivity index (χ2n) is 4.79. The van der Waals surface area contributed by atoms with Crippen LogP contribution in [0.25, 0.3) is 10.9 Å². The van der Waals surface area contributed by atoms with Gasteiger partial charge in [-0.3, -0.25) is 4.68 Å². The molecule has 0 saturated heterocycles. The quantitative estimate of drug-likeness (QED) is 0.774. The van der Waals surface area contributed by atoms with Crippen LogP contribution in [-0.4, -0.2) is 21.4 Å². The third-order valence-electron chi connectivity index (χ3n) is 3.34. The molecule has 0 aliphatic heterocycles. The van der Waals surface area contributed by atoms with Gasteiger partial charge < -0.3 is 9.88 Å². The Morgan fingerprint density at radius 1 is 1.21 bits per heavy atom. The predicted molar refractivity (Wildman–Crippen MR) is 77.0 cm³/mol. The van der Waals surface area contributed by atoms with Crippen molar-refractivity contribution in [3.63, 3.8) is 0 Å². The molecule has 4 nitrogen and oxygen atoms in total. The van der Waals surface area contributed by atoms with E-state index in [9.17, 15) is 0 Å².